The van der Waals surface area contributed by atoms with Crippen molar-refractivity contribution in [3.8, 4) is 17.6 Å². The monoisotopic (exact) mass is 393 g/mol. The lowest BCUT2D eigenvalue weighted by Gasteiger charge is -2.35. The van der Waals surface area contributed by atoms with Gasteiger partial charge in [0, 0.05) is 46.0 Å². The number of urea groups is 2. The summed E-state index contributed by atoms with van der Waals surface area (Å²) in [6, 6.07) is 15.7. The zero-order valence-electron chi connectivity index (χ0n) is 16.5. The molecule has 4 amide bonds. The van der Waals surface area contributed by atoms with Crippen molar-refractivity contribution in [2.24, 2.45) is 0 Å². The molecule has 0 atom stereocenters. The Bertz CT molecular complexity index is 895. The highest BCUT2D eigenvalue weighted by Crippen LogP contribution is 2.23. The van der Waals surface area contributed by atoms with Gasteiger partial charge in [0.15, 0.2) is 0 Å². The fourth-order valence-corrected chi connectivity index (χ4v) is 2.93. The first-order valence-corrected chi connectivity index (χ1v) is 9.26. The lowest BCUT2D eigenvalue weighted by atomic mass is 10.2. The van der Waals surface area contributed by atoms with Gasteiger partial charge in [-0.2, -0.15) is 5.26 Å². The molecule has 2 aromatic carbocycles. The van der Waals surface area contributed by atoms with E-state index in [9.17, 15) is 9.59 Å². The standard InChI is InChI=1S/C21H23N5O3/c1-24(2)21(28)26-13-11-25(12-14-26)20(27)23-17-5-9-19(10-6-17)29-18-7-3-16(15-22)4-8-18/h3-10H,11-14H2,1-2H3,(H,23,27). The third kappa shape index (κ3) is 5.17. The van der Waals surface area contributed by atoms with Crippen LogP contribution in [0.25, 0.3) is 0 Å². The Morgan fingerprint density at radius 3 is 1.97 bits per heavy atom. The first kappa shape index (κ1) is 20.0. The molecule has 0 saturated carbocycles. The average molecular weight is 393 g/mol. The molecule has 0 spiro atoms. The van der Waals surface area contributed by atoms with E-state index in [2.05, 4.69) is 11.4 Å². The van der Waals surface area contributed by atoms with Crippen LogP contribution in [0, 0.1) is 11.3 Å². The van der Waals surface area contributed by atoms with E-state index in [4.69, 9.17) is 10.00 Å². The Hall–Kier alpha value is -3.73. The minimum atomic E-state index is -0.192. The van der Waals surface area contributed by atoms with Crippen molar-refractivity contribution in [1.82, 2.24) is 14.7 Å². The van der Waals surface area contributed by atoms with Gasteiger partial charge < -0.3 is 24.8 Å². The second-order valence-corrected chi connectivity index (χ2v) is 6.84. The molecule has 1 heterocycles. The van der Waals surface area contributed by atoms with Crippen LogP contribution in [0.15, 0.2) is 48.5 Å². The fourth-order valence-electron chi connectivity index (χ4n) is 2.93. The Morgan fingerprint density at radius 1 is 0.931 bits per heavy atom. The molecule has 1 N–H and O–H groups in total. The number of carbonyl (C=O) groups is 2. The van der Waals surface area contributed by atoms with Crippen LogP contribution in [0.5, 0.6) is 11.5 Å². The molecule has 2 aromatic rings. The Labute approximate surface area is 169 Å². The average Bonchev–Trinajstić information content (AvgIpc) is 2.75. The number of hydrogen-bond acceptors (Lipinski definition) is 4. The van der Waals surface area contributed by atoms with E-state index >= 15 is 0 Å². The van der Waals surface area contributed by atoms with Crippen molar-refractivity contribution in [2.45, 2.75) is 0 Å². The van der Waals surface area contributed by atoms with Gasteiger partial charge in [0.2, 0.25) is 0 Å². The zero-order chi connectivity index (χ0) is 20.8. The number of nitrogens with one attached hydrogen (secondary N) is 1. The van der Waals surface area contributed by atoms with Gasteiger partial charge in [-0.1, -0.05) is 0 Å². The van der Waals surface area contributed by atoms with E-state index in [0.29, 0.717) is 48.9 Å². The fraction of sp³-hybridized carbons (Fsp3) is 0.286. The van der Waals surface area contributed by atoms with Gasteiger partial charge >= 0.3 is 12.1 Å². The minimum absolute atomic E-state index is 0.0390. The third-order valence-electron chi connectivity index (χ3n) is 4.54. The summed E-state index contributed by atoms with van der Waals surface area (Å²) < 4.78 is 5.73. The molecule has 1 saturated heterocycles. The van der Waals surface area contributed by atoms with Crippen LogP contribution in [0.2, 0.25) is 0 Å². The molecule has 1 aliphatic heterocycles. The number of rotatable bonds is 3. The van der Waals surface area contributed by atoms with Gasteiger partial charge in [-0.15, -0.1) is 0 Å². The van der Waals surface area contributed by atoms with Crippen molar-refractivity contribution < 1.29 is 14.3 Å². The SMILES string of the molecule is CN(C)C(=O)N1CCN(C(=O)Nc2ccc(Oc3ccc(C#N)cc3)cc2)CC1. The maximum Gasteiger partial charge on any atom is 0.321 e. The number of hydrogen-bond donors (Lipinski definition) is 1. The number of benzene rings is 2. The summed E-state index contributed by atoms with van der Waals surface area (Å²) in [7, 11) is 3.44. The number of nitriles is 1. The summed E-state index contributed by atoms with van der Waals surface area (Å²) in [6.07, 6.45) is 0. The van der Waals surface area contributed by atoms with Crippen LogP contribution < -0.4 is 10.1 Å². The van der Waals surface area contributed by atoms with E-state index < -0.39 is 0 Å². The molecule has 1 fully saturated rings. The van der Waals surface area contributed by atoms with Crippen LogP contribution >= 0.6 is 0 Å². The molecule has 150 valence electrons. The van der Waals surface area contributed by atoms with Crippen LogP contribution in [0.1, 0.15) is 5.56 Å². The highest BCUT2D eigenvalue weighted by Gasteiger charge is 2.24. The smallest absolute Gasteiger partial charge is 0.321 e. The highest BCUT2D eigenvalue weighted by molar-refractivity contribution is 5.89. The van der Waals surface area contributed by atoms with Gasteiger partial charge in [0.25, 0.3) is 0 Å². The normalized spacial score (nSPS) is 13.4. The predicted molar refractivity (Wildman–Crippen MR) is 109 cm³/mol. The van der Waals surface area contributed by atoms with Gasteiger partial charge in [0.05, 0.1) is 11.6 Å². The second-order valence-electron chi connectivity index (χ2n) is 6.84. The van der Waals surface area contributed by atoms with Gasteiger partial charge in [-0.05, 0) is 48.5 Å². The van der Waals surface area contributed by atoms with E-state index in [1.807, 2.05) is 0 Å². The quantitative estimate of drug-likeness (QED) is 0.867. The Morgan fingerprint density at radius 2 is 1.45 bits per heavy atom. The predicted octanol–water partition coefficient (Wildman–Crippen LogP) is 3.18. The summed E-state index contributed by atoms with van der Waals surface area (Å²) in [6.45, 7) is 2.01. The van der Waals surface area contributed by atoms with Crippen LogP contribution in [0.3, 0.4) is 0 Å². The molecule has 0 aromatic heterocycles. The van der Waals surface area contributed by atoms with Gasteiger partial charge in [-0.3, -0.25) is 0 Å². The number of amides is 4. The molecule has 0 bridgehead atoms. The zero-order valence-corrected chi connectivity index (χ0v) is 16.5. The van der Waals surface area contributed by atoms with E-state index in [0.717, 1.165) is 0 Å². The van der Waals surface area contributed by atoms with Crippen molar-refractivity contribution in [3.63, 3.8) is 0 Å². The van der Waals surface area contributed by atoms with Crippen LogP contribution in [-0.4, -0.2) is 67.0 Å². The molecule has 0 aliphatic carbocycles. The number of nitrogens with zero attached hydrogens (tertiary/aromatic N) is 4. The van der Waals surface area contributed by atoms with Crippen LogP contribution in [-0.2, 0) is 0 Å². The summed E-state index contributed by atoms with van der Waals surface area (Å²) in [5.41, 5.74) is 1.23. The van der Waals surface area contributed by atoms with Gasteiger partial charge in [0.1, 0.15) is 11.5 Å². The van der Waals surface area contributed by atoms with E-state index in [-0.39, 0.29) is 12.1 Å². The molecular formula is C21H23N5O3. The summed E-state index contributed by atoms with van der Waals surface area (Å²) in [5, 5.41) is 11.7. The Kier molecular flexibility index (Phi) is 6.19. The molecule has 8 heteroatoms. The topological polar surface area (TPSA) is 88.9 Å². The highest BCUT2D eigenvalue weighted by atomic mass is 16.5. The Balaban J connectivity index is 1.51. The third-order valence-corrected chi connectivity index (χ3v) is 4.54. The van der Waals surface area contributed by atoms with Crippen molar-refractivity contribution >= 4 is 17.7 Å². The van der Waals surface area contributed by atoms with E-state index in [1.54, 1.807) is 72.4 Å². The lowest BCUT2D eigenvalue weighted by molar-refractivity contribution is 0.133. The molecule has 0 unspecified atom stereocenters. The molecule has 1 aliphatic rings. The first-order chi connectivity index (χ1) is 14.0. The molecule has 3 rings (SSSR count). The largest absolute Gasteiger partial charge is 0.457 e. The first-order valence-electron chi connectivity index (χ1n) is 9.26. The number of piperazine rings is 1. The molecular weight excluding hydrogens is 370 g/mol. The molecule has 0 radical (unpaired) electrons. The van der Waals surface area contributed by atoms with Crippen LogP contribution in [0.4, 0.5) is 15.3 Å². The van der Waals surface area contributed by atoms with Crippen molar-refractivity contribution in [3.05, 3.63) is 54.1 Å². The lowest BCUT2D eigenvalue weighted by Crippen LogP contribution is -2.53. The molecule has 8 nitrogen and oxygen atoms in total. The van der Waals surface area contributed by atoms with Crippen molar-refractivity contribution in [1.29, 1.82) is 5.26 Å². The summed E-state index contributed by atoms with van der Waals surface area (Å²) in [5.74, 6) is 1.26. The summed E-state index contributed by atoms with van der Waals surface area (Å²) >= 11 is 0. The van der Waals surface area contributed by atoms with Gasteiger partial charge in [-0.25, -0.2) is 9.59 Å². The minimum Gasteiger partial charge on any atom is -0.457 e. The second kappa shape index (κ2) is 8.97. The number of ether oxygens (including phenoxy) is 1. The van der Waals surface area contributed by atoms with E-state index in [1.165, 1.54) is 4.90 Å². The molecule has 29 heavy (non-hydrogen) atoms. The van der Waals surface area contributed by atoms with Crippen molar-refractivity contribution in [2.75, 3.05) is 45.6 Å². The number of carbonyl (C=O) groups excluding carboxylic acids is 2. The number of anilines is 1. The summed E-state index contributed by atoms with van der Waals surface area (Å²) in [4.78, 5) is 29.4. The maximum atomic E-state index is 12.5. The maximum absolute atomic E-state index is 12.5.